The standard InChI is InChI=1S/C21H24O3.2Ho/c1-12-10-18(11-13(2)14(12)3)24-9-8-19-15(4)20(22)17(6)21(23-7)16(19)5;;/h8-9,22H,1-7H3;;/q-2;;/b9-8+;;. The maximum Gasteiger partial charge on any atom is 0.128 e. The molecule has 2 aromatic rings. The zero-order valence-electron chi connectivity index (χ0n) is 16.0. The van der Waals surface area contributed by atoms with E-state index >= 15 is 0 Å². The monoisotopic (exact) mass is 654 g/mol. The third-order valence-corrected chi connectivity index (χ3v) is 4.55. The van der Waals surface area contributed by atoms with Crippen molar-refractivity contribution < 1.29 is 90.1 Å². The fraction of sp³-hybridized carbons (Fsp3) is 0.333. The summed E-state index contributed by atoms with van der Waals surface area (Å²) in [4.78, 5) is 0. The van der Waals surface area contributed by atoms with Crippen LogP contribution in [0.1, 0.15) is 38.9 Å². The molecule has 0 atom stereocenters. The summed E-state index contributed by atoms with van der Waals surface area (Å²) in [6.45, 7) is 11.8. The maximum absolute atomic E-state index is 10.3. The Labute approximate surface area is 216 Å². The van der Waals surface area contributed by atoms with Crippen molar-refractivity contribution in [3.8, 4) is 17.2 Å². The van der Waals surface area contributed by atoms with Crippen molar-refractivity contribution in [2.75, 3.05) is 7.11 Å². The van der Waals surface area contributed by atoms with Crippen molar-refractivity contribution in [2.24, 2.45) is 0 Å². The maximum atomic E-state index is 10.3. The Kier molecular flexibility index (Phi) is 11.2. The van der Waals surface area contributed by atoms with Gasteiger partial charge in [0.1, 0.15) is 11.5 Å². The molecule has 0 aliphatic rings. The minimum absolute atomic E-state index is 0. The molecular weight excluding hydrogens is 630 g/mol. The molecule has 26 heavy (non-hydrogen) atoms. The van der Waals surface area contributed by atoms with Gasteiger partial charge < -0.3 is 26.7 Å². The fourth-order valence-corrected chi connectivity index (χ4v) is 2.83. The minimum atomic E-state index is 0. The van der Waals surface area contributed by atoms with E-state index in [9.17, 15) is 5.11 Å². The number of methoxy groups -OCH3 is 1. The first-order chi connectivity index (χ1) is 11.3. The summed E-state index contributed by atoms with van der Waals surface area (Å²) in [7, 11) is 1.61. The number of rotatable bonds is 4. The molecule has 3 nitrogen and oxygen atoms in total. The van der Waals surface area contributed by atoms with Crippen LogP contribution in [0.25, 0.3) is 6.08 Å². The van der Waals surface area contributed by atoms with Crippen LogP contribution in [0.2, 0.25) is 0 Å². The van der Waals surface area contributed by atoms with E-state index in [4.69, 9.17) is 9.47 Å². The number of ether oxygens (including phenoxy) is 2. The average Bonchev–Trinajstić information content (AvgIpc) is 2.54. The van der Waals surface area contributed by atoms with Gasteiger partial charge in [0, 0.05) is 81.0 Å². The van der Waals surface area contributed by atoms with E-state index < -0.39 is 0 Å². The number of aromatic hydroxyl groups is 1. The topological polar surface area (TPSA) is 38.7 Å². The zero-order valence-corrected chi connectivity index (χ0v) is 19.9. The van der Waals surface area contributed by atoms with Crippen molar-refractivity contribution in [3.05, 3.63) is 57.3 Å². The molecular formula is C21H24Ho2O3-2. The van der Waals surface area contributed by atoms with E-state index in [1.165, 1.54) is 5.56 Å². The summed E-state index contributed by atoms with van der Waals surface area (Å²) in [6, 6.07) is 6.34. The number of hydrogen-bond donors (Lipinski definition) is 1. The smallest absolute Gasteiger partial charge is 0.128 e. The first-order valence-electron chi connectivity index (χ1n) is 7.90. The fourth-order valence-electron chi connectivity index (χ4n) is 2.83. The second-order valence-electron chi connectivity index (χ2n) is 6.05. The zero-order chi connectivity index (χ0) is 18.0. The number of hydrogen-bond acceptors (Lipinski definition) is 3. The Bertz CT molecular complexity index is 789. The molecule has 0 unspecified atom stereocenters. The predicted octanol–water partition coefficient (Wildman–Crippen LogP) is 4.90. The van der Waals surface area contributed by atoms with Crippen LogP contribution in [0.3, 0.4) is 0 Å². The predicted molar refractivity (Wildman–Crippen MR) is 96.9 cm³/mol. The second-order valence-corrected chi connectivity index (χ2v) is 6.05. The quantitative estimate of drug-likeness (QED) is 0.290. The molecule has 0 saturated carbocycles. The normalized spacial score (nSPS) is 10.3. The molecule has 0 saturated heterocycles. The SMILES string of the molecule is COc1c(C)c(O)c(C)c(/C=C/Oc2[c-]c(C)c(C)c(C)[c-]2)c1C.[Ho].[Ho]. The number of benzene rings is 2. The van der Waals surface area contributed by atoms with Crippen LogP contribution in [-0.4, -0.2) is 12.2 Å². The molecule has 0 heterocycles. The van der Waals surface area contributed by atoms with Crippen LogP contribution in [0.5, 0.6) is 17.2 Å². The van der Waals surface area contributed by atoms with Crippen molar-refractivity contribution in [1.29, 1.82) is 0 Å². The Balaban J connectivity index is 0.00000312. The molecule has 1 N–H and O–H groups in total. The summed E-state index contributed by atoms with van der Waals surface area (Å²) in [5, 5.41) is 10.3. The first kappa shape index (κ1) is 26.1. The molecule has 0 fully saturated rings. The molecule has 150 valence electrons. The van der Waals surface area contributed by atoms with Gasteiger partial charge in [-0.3, -0.25) is 16.7 Å². The molecule has 0 aromatic heterocycles. The van der Waals surface area contributed by atoms with Gasteiger partial charge in [0.05, 0.1) is 13.4 Å². The van der Waals surface area contributed by atoms with E-state index in [-0.39, 0.29) is 81.2 Å². The van der Waals surface area contributed by atoms with Crippen LogP contribution >= 0.6 is 0 Å². The molecule has 0 aliphatic heterocycles. The summed E-state index contributed by atoms with van der Waals surface area (Å²) >= 11 is 0. The first-order valence-corrected chi connectivity index (χ1v) is 7.90. The van der Waals surface area contributed by atoms with Gasteiger partial charge in [-0.1, -0.05) is 13.8 Å². The van der Waals surface area contributed by atoms with Gasteiger partial charge in [0.15, 0.2) is 0 Å². The molecule has 0 bridgehead atoms. The van der Waals surface area contributed by atoms with Crippen molar-refractivity contribution in [3.63, 3.8) is 0 Å². The average molecular weight is 654 g/mol. The summed E-state index contributed by atoms with van der Waals surface area (Å²) in [6.07, 6.45) is 3.43. The Morgan fingerprint density at radius 1 is 0.808 bits per heavy atom. The molecule has 0 amide bonds. The van der Waals surface area contributed by atoms with Crippen LogP contribution in [0, 0.1) is 129 Å². The largest absolute Gasteiger partial charge is 0.516 e. The van der Waals surface area contributed by atoms with Crippen LogP contribution < -0.4 is 9.47 Å². The van der Waals surface area contributed by atoms with E-state index in [1.54, 1.807) is 13.4 Å². The minimum Gasteiger partial charge on any atom is -0.516 e. The van der Waals surface area contributed by atoms with E-state index in [0.717, 1.165) is 33.4 Å². The van der Waals surface area contributed by atoms with Crippen molar-refractivity contribution in [2.45, 2.75) is 41.5 Å². The van der Waals surface area contributed by atoms with E-state index in [0.29, 0.717) is 11.5 Å². The Morgan fingerprint density at radius 2 is 1.35 bits per heavy atom. The van der Waals surface area contributed by atoms with Crippen LogP contribution in [0.15, 0.2) is 6.26 Å². The van der Waals surface area contributed by atoms with Gasteiger partial charge in [-0.05, 0) is 43.5 Å². The van der Waals surface area contributed by atoms with Gasteiger partial charge >= 0.3 is 0 Å². The summed E-state index contributed by atoms with van der Waals surface area (Å²) in [5.41, 5.74) is 6.68. The summed E-state index contributed by atoms with van der Waals surface area (Å²) in [5.74, 6) is 1.50. The number of phenols is 1. The molecule has 0 aliphatic carbocycles. The Morgan fingerprint density at radius 3 is 1.85 bits per heavy atom. The molecule has 0 spiro atoms. The third kappa shape index (κ3) is 5.56. The molecule has 2 aromatic carbocycles. The van der Waals surface area contributed by atoms with Gasteiger partial charge in [-0.25, -0.2) is 0 Å². The number of aryl methyl sites for hydroxylation is 2. The summed E-state index contributed by atoms with van der Waals surface area (Å²) < 4.78 is 11.1. The van der Waals surface area contributed by atoms with Crippen molar-refractivity contribution >= 4 is 6.08 Å². The van der Waals surface area contributed by atoms with Gasteiger partial charge in [-0.15, -0.1) is 12.7 Å². The second kappa shape index (κ2) is 11.2. The van der Waals surface area contributed by atoms with Crippen LogP contribution in [-0.2, 0) is 0 Å². The molecule has 2 rings (SSSR count). The molecule has 2 radical (unpaired) electrons. The van der Waals surface area contributed by atoms with Crippen molar-refractivity contribution in [1.82, 2.24) is 0 Å². The van der Waals surface area contributed by atoms with E-state index in [2.05, 4.69) is 12.1 Å². The van der Waals surface area contributed by atoms with Gasteiger partial charge in [0.25, 0.3) is 0 Å². The van der Waals surface area contributed by atoms with Crippen LogP contribution in [0.4, 0.5) is 0 Å². The van der Waals surface area contributed by atoms with Gasteiger partial charge in [0.2, 0.25) is 0 Å². The molecule has 5 heteroatoms. The Hall–Kier alpha value is 0.0995. The van der Waals surface area contributed by atoms with E-state index in [1.807, 2.05) is 47.6 Å². The third-order valence-electron chi connectivity index (χ3n) is 4.55. The number of phenolic OH excluding ortho intramolecular Hbond substituents is 1. The van der Waals surface area contributed by atoms with Gasteiger partial charge in [-0.2, -0.15) is 0 Å².